The number of phenols is 1. The Bertz CT molecular complexity index is 784. The van der Waals surface area contributed by atoms with Gasteiger partial charge >= 0.3 is 0 Å². The van der Waals surface area contributed by atoms with Gasteiger partial charge in [-0.1, -0.05) is 12.1 Å². The Balaban J connectivity index is 2.04. The molecule has 0 saturated heterocycles. The van der Waals surface area contributed by atoms with Crippen LogP contribution in [0.15, 0.2) is 54.3 Å². The molecule has 0 saturated carbocycles. The first-order valence-electron chi connectivity index (χ1n) is 6.59. The number of aromatic hydroxyl groups is 1. The number of hydrogen-bond acceptors (Lipinski definition) is 4. The van der Waals surface area contributed by atoms with Crippen molar-refractivity contribution >= 4 is 11.0 Å². The molecule has 5 heteroatoms. The normalized spacial score (nSPS) is 10.6. The molecule has 0 unspecified atom stereocenters. The number of fused-ring (bicyclic) bond motifs is 1. The van der Waals surface area contributed by atoms with Crippen LogP contribution in [0.2, 0.25) is 0 Å². The van der Waals surface area contributed by atoms with Crippen LogP contribution in [0.4, 0.5) is 0 Å². The SMILES string of the molecule is CC(C)=COc1ccc(O)c(-n2nc3ccccc3n2)c1. The van der Waals surface area contributed by atoms with Crippen LogP contribution in [0.3, 0.4) is 0 Å². The average Bonchev–Trinajstić information content (AvgIpc) is 2.90. The summed E-state index contributed by atoms with van der Waals surface area (Å²) >= 11 is 0. The Labute approximate surface area is 122 Å². The van der Waals surface area contributed by atoms with E-state index in [4.69, 9.17) is 4.74 Å². The molecule has 3 aromatic rings. The molecule has 106 valence electrons. The summed E-state index contributed by atoms with van der Waals surface area (Å²) in [5.74, 6) is 0.713. The van der Waals surface area contributed by atoms with Gasteiger partial charge in [0.15, 0.2) is 0 Å². The highest BCUT2D eigenvalue weighted by Gasteiger charge is 2.10. The van der Waals surface area contributed by atoms with Crippen molar-refractivity contribution < 1.29 is 9.84 Å². The van der Waals surface area contributed by atoms with Gasteiger partial charge < -0.3 is 9.84 Å². The first-order chi connectivity index (χ1) is 10.1. The van der Waals surface area contributed by atoms with Gasteiger partial charge in [0.05, 0.1) is 6.26 Å². The molecule has 1 aromatic heterocycles. The highest BCUT2D eigenvalue weighted by molar-refractivity contribution is 5.73. The van der Waals surface area contributed by atoms with Gasteiger partial charge in [0.25, 0.3) is 0 Å². The molecule has 0 radical (unpaired) electrons. The highest BCUT2D eigenvalue weighted by Crippen LogP contribution is 2.26. The first-order valence-corrected chi connectivity index (χ1v) is 6.59. The lowest BCUT2D eigenvalue weighted by Crippen LogP contribution is -1.99. The van der Waals surface area contributed by atoms with Gasteiger partial charge in [-0.3, -0.25) is 0 Å². The average molecular weight is 281 g/mol. The fourth-order valence-electron chi connectivity index (χ4n) is 1.89. The molecule has 1 N–H and O–H groups in total. The van der Waals surface area contributed by atoms with E-state index in [1.165, 1.54) is 4.80 Å². The van der Waals surface area contributed by atoms with Crippen molar-refractivity contribution in [2.75, 3.05) is 0 Å². The third-order valence-electron chi connectivity index (χ3n) is 2.88. The molecule has 0 amide bonds. The van der Waals surface area contributed by atoms with E-state index in [2.05, 4.69) is 10.2 Å². The van der Waals surface area contributed by atoms with Crippen molar-refractivity contribution in [3.8, 4) is 17.2 Å². The maximum absolute atomic E-state index is 10.0. The van der Waals surface area contributed by atoms with Gasteiger partial charge in [0.2, 0.25) is 0 Å². The number of nitrogens with zero attached hydrogens (tertiary/aromatic N) is 3. The fraction of sp³-hybridized carbons (Fsp3) is 0.125. The topological polar surface area (TPSA) is 60.2 Å². The summed E-state index contributed by atoms with van der Waals surface area (Å²) in [4.78, 5) is 1.41. The lowest BCUT2D eigenvalue weighted by Gasteiger charge is -2.06. The fourth-order valence-corrected chi connectivity index (χ4v) is 1.89. The highest BCUT2D eigenvalue weighted by atomic mass is 16.5. The molecule has 5 nitrogen and oxygen atoms in total. The van der Waals surface area contributed by atoms with E-state index >= 15 is 0 Å². The van der Waals surface area contributed by atoms with Crippen LogP contribution in [-0.4, -0.2) is 20.1 Å². The molecular formula is C16H15N3O2. The van der Waals surface area contributed by atoms with Crippen molar-refractivity contribution in [2.45, 2.75) is 13.8 Å². The van der Waals surface area contributed by atoms with E-state index < -0.39 is 0 Å². The Kier molecular flexibility index (Phi) is 3.31. The second-order valence-electron chi connectivity index (χ2n) is 4.94. The molecule has 3 rings (SSSR count). The van der Waals surface area contributed by atoms with Crippen LogP contribution in [0, 0.1) is 0 Å². The summed E-state index contributed by atoms with van der Waals surface area (Å²) in [5, 5.41) is 18.7. The van der Waals surface area contributed by atoms with Gasteiger partial charge in [-0.15, -0.1) is 15.0 Å². The zero-order valence-corrected chi connectivity index (χ0v) is 11.8. The maximum atomic E-state index is 10.0. The number of aromatic nitrogens is 3. The predicted molar refractivity (Wildman–Crippen MR) is 80.6 cm³/mol. The number of allylic oxidation sites excluding steroid dienone is 1. The largest absolute Gasteiger partial charge is 0.506 e. The molecule has 0 aliphatic rings. The summed E-state index contributed by atoms with van der Waals surface area (Å²) in [5.41, 5.74) is 3.07. The number of ether oxygens (including phenoxy) is 1. The number of benzene rings is 2. The lowest BCUT2D eigenvalue weighted by atomic mass is 10.3. The lowest BCUT2D eigenvalue weighted by molar-refractivity contribution is 0.455. The molecule has 0 bridgehead atoms. The summed E-state index contributed by atoms with van der Waals surface area (Å²) in [7, 11) is 0. The first kappa shape index (κ1) is 13.2. The Morgan fingerprint density at radius 2 is 1.76 bits per heavy atom. The van der Waals surface area contributed by atoms with Gasteiger partial charge in [-0.05, 0) is 43.7 Å². The van der Waals surface area contributed by atoms with Gasteiger partial charge in [0, 0.05) is 6.07 Å². The Hall–Kier alpha value is -2.82. The molecule has 2 aromatic carbocycles. The summed E-state index contributed by atoms with van der Waals surface area (Å²) in [6.45, 7) is 3.90. The third kappa shape index (κ3) is 2.72. The Morgan fingerprint density at radius 1 is 1.10 bits per heavy atom. The van der Waals surface area contributed by atoms with E-state index in [1.807, 2.05) is 38.1 Å². The molecule has 0 spiro atoms. The van der Waals surface area contributed by atoms with Gasteiger partial charge in [-0.2, -0.15) is 0 Å². The predicted octanol–water partition coefficient (Wildman–Crippen LogP) is 3.43. The maximum Gasteiger partial charge on any atom is 0.143 e. The van der Waals surface area contributed by atoms with Crippen molar-refractivity contribution in [2.24, 2.45) is 0 Å². The number of rotatable bonds is 3. The van der Waals surface area contributed by atoms with Crippen LogP contribution in [0.25, 0.3) is 16.7 Å². The van der Waals surface area contributed by atoms with E-state index in [0.29, 0.717) is 11.4 Å². The second-order valence-corrected chi connectivity index (χ2v) is 4.94. The van der Waals surface area contributed by atoms with Crippen molar-refractivity contribution in [3.05, 3.63) is 54.3 Å². The van der Waals surface area contributed by atoms with Crippen LogP contribution in [0.5, 0.6) is 11.5 Å². The molecule has 1 heterocycles. The van der Waals surface area contributed by atoms with Crippen molar-refractivity contribution in [1.82, 2.24) is 15.0 Å². The monoisotopic (exact) mass is 281 g/mol. The third-order valence-corrected chi connectivity index (χ3v) is 2.88. The van der Waals surface area contributed by atoms with Crippen LogP contribution < -0.4 is 4.74 Å². The molecule has 21 heavy (non-hydrogen) atoms. The quantitative estimate of drug-likeness (QED) is 0.747. The smallest absolute Gasteiger partial charge is 0.143 e. The van der Waals surface area contributed by atoms with E-state index in [0.717, 1.165) is 16.6 Å². The van der Waals surface area contributed by atoms with Gasteiger partial charge in [0.1, 0.15) is 28.2 Å². The molecule has 0 atom stereocenters. The van der Waals surface area contributed by atoms with Crippen LogP contribution in [-0.2, 0) is 0 Å². The van der Waals surface area contributed by atoms with Gasteiger partial charge in [-0.25, -0.2) is 0 Å². The van der Waals surface area contributed by atoms with Crippen LogP contribution in [0.1, 0.15) is 13.8 Å². The minimum atomic E-state index is 0.0971. The molecule has 0 aliphatic carbocycles. The number of hydrogen-bond donors (Lipinski definition) is 1. The summed E-state index contributed by atoms with van der Waals surface area (Å²) < 4.78 is 5.52. The summed E-state index contributed by atoms with van der Waals surface area (Å²) in [6.07, 6.45) is 1.66. The molecular weight excluding hydrogens is 266 g/mol. The number of phenolic OH excluding ortho intramolecular Hbond substituents is 1. The minimum absolute atomic E-state index is 0.0971. The zero-order chi connectivity index (χ0) is 14.8. The van der Waals surface area contributed by atoms with E-state index in [9.17, 15) is 5.11 Å². The molecule has 0 fully saturated rings. The Morgan fingerprint density at radius 3 is 2.38 bits per heavy atom. The standard InChI is InChI=1S/C16H15N3O2/c1-11(2)10-21-12-7-8-16(20)15(9-12)19-17-13-5-3-4-6-14(13)18-19/h3-10,20H,1-2H3. The minimum Gasteiger partial charge on any atom is -0.506 e. The van der Waals surface area contributed by atoms with Crippen molar-refractivity contribution in [1.29, 1.82) is 0 Å². The zero-order valence-electron chi connectivity index (χ0n) is 11.8. The van der Waals surface area contributed by atoms with Crippen molar-refractivity contribution in [3.63, 3.8) is 0 Å². The summed E-state index contributed by atoms with van der Waals surface area (Å²) in [6, 6.07) is 12.5. The second kappa shape index (κ2) is 5.28. The van der Waals surface area contributed by atoms with Crippen LogP contribution >= 0.6 is 0 Å². The van der Waals surface area contributed by atoms with E-state index in [-0.39, 0.29) is 5.75 Å². The van der Waals surface area contributed by atoms with E-state index in [1.54, 1.807) is 24.5 Å². The molecule has 0 aliphatic heterocycles.